The van der Waals surface area contributed by atoms with Gasteiger partial charge in [-0.1, -0.05) is 30.9 Å². The number of hydrogen-bond acceptors (Lipinski definition) is 5. The first-order valence-electron chi connectivity index (χ1n) is 8.96. The Kier molecular flexibility index (Phi) is 8.37. The molecule has 1 aliphatic carbocycles. The molecule has 1 aromatic rings. The summed E-state index contributed by atoms with van der Waals surface area (Å²) in [5.41, 5.74) is -0.234. The predicted octanol–water partition coefficient (Wildman–Crippen LogP) is 3.55. The van der Waals surface area contributed by atoms with Crippen LogP contribution in [0.25, 0.3) is 0 Å². The molecule has 1 saturated carbocycles. The molecule has 1 fully saturated rings. The van der Waals surface area contributed by atoms with E-state index in [4.69, 9.17) is 11.6 Å². The van der Waals surface area contributed by atoms with Crippen molar-refractivity contribution in [2.24, 2.45) is 0 Å². The SMILES string of the molecule is CSCCC(NC(=O)c1ccc(Cl)c([N+](=O)[O-])c1)C(=O)NC1CCCCC1. The van der Waals surface area contributed by atoms with Crippen LogP contribution < -0.4 is 10.6 Å². The molecular weight excluding hydrogens is 390 g/mol. The van der Waals surface area contributed by atoms with Crippen molar-refractivity contribution >= 4 is 40.9 Å². The molecular formula is C18H24ClN3O4S. The number of nitro benzene ring substituents is 1. The van der Waals surface area contributed by atoms with E-state index in [1.165, 1.54) is 18.6 Å². The maximum atomic E-state index is 12.6. The summed E-state index contributed by atoms with van der Waals surface area (Å²) in [6, 6.07) is 3.32. The molecule has 2 N–H and O–H groups in total. The van der Waals surface area contributed by atoms with Crippen molar-refractivity contribution in [1.29, 1.82) is 0 Å². The lowest BCUT2D eigenvalue weighted by atomic mass is 9.95. The average molecular weight is 414 g/mol. The Morgan fingerprint density at radius 2 is 2.04 bits per heavy atom. The van der Waals surface area contributed by atoms with Gasteiger partial charge < -0.3 is 10.6 Å². The van der Waals surface area contributed by atoms with Gasteiger partial charge in [-0.25, -0.2) is 0 Å². The standard InChI is InChI=1S/C18H24ClN3O4S/c1-27-10-9-15(18(24)20-13-5-3-2-4-6-13)21-17(23)12-7-8-14(19)16(11-12)22(25)26/h7-8,11,13,15H,2-6,9-10H2,1H3,(H,20,24)(H,21,23). The second kappa shape index (κ2) is 10.5. The summed E-state index contributed by atoms with van der Waals surface area (Å²) in [7, 11) is 0. The highest BCUT2D eigenvalue weighted by molar-refractivity contribution is 7.98. The number of carbonyl (C=O) groups is 2. The van der Waals surface area contributed by atoms with Crippen LogP contribution in [0.1, 0.15) is 48.9 Å². The van der Waals surface area contributed by atoms with Crippen molar-refractivity contribution < 1.29 is 14.5 Å². The number of nitrogens with one attached hydrogen (secondary N) is 2. The van der Waals surface area contributed by atoms with Gasteiger partial charge in [-0.2, -0.15) is 11.8 Å². The lowest BCUT2D eigenvalue weighted by molar-refractivity contribution is -0.384. The van der Waals surface area contributed by atoms with E-state index in [1.54, 1.807) is 11.8 Å². The molecule has 148 valence electrons. The number of hydrogen-bond donors (Lipinski definition) is 2. The highest BCUT2D eigenvalue weighted by Gasteiger charge is 2.25. The van der Waals surface area contributed by atoms with Gasteiger partial charge in [0.2, 0.25) is 5.91 Å². The monoisotopic (exact) mass is 413 g/mol. The molecule has 0 saturated heterocycles. The van der Waals surface area contributed by atoms with E-state index in [0.29, 0.717) is 12.2 Å². The maximum absolute atomic E-state index is 12.6. The molecule has 0 spiro atoms. The highest BCUT2D eigenvalue weighted by atomic mass is 35.5. The minimum absolute atomic E-state index is 0.0366. The largest absolute Gasteiger partial charge is 0.352 e. The topological polar surface area (TPSA) is 101 Å². The smallest absolute Gasteiger partial charge is 0.288 e. The lowest BCUT2D eigenvalue weighted by Gasteiger charge is -2.26. The van der Waals surface area contributed by atoms with Crippen LogP contribution in [-0.4, -0.2) is 40.8 Å². The number of amides is 2. The summed E-state index contributed by atoms with van der Waals surface area (Å²) in [5, 5.41) is 16.7. The molecule has 0 bridgehead atoms. The zero-order chi connectivity index (χ0) is 19.8. The fourth-order valence-corrected chi connectivity index (χ4v) is 3.75. The van der Waals surface area contributed by atoms with Crippen LogP contribution in [0.5, 0.6) is 0 Å². The number of nitrogens with zero attached hydrogens (tertiary/aromatic N) is 1. The van der Waals surface area contributed by atoms with E-state index >= 15 is 0 Å². The molecule has 2 amide bonds. The average Bonchev–Trinajstić information content (AvgIpc) is 2.65. The van der Waals surface area contributed by atoms with Crippen molar-refractivity contribution in [3.8, 4) is 0 Å². The molecule has 1 unspecified atom stereocenters. The molecule has 0 aromatic heterocycles. The number of rotatable bonds is 8. The molecule has 1 atom stereocenters. The van der Waals surface area contributed by atoms with E-state index in [1.807, 2.05) is 6.26 Å². The number of nitro groups is 1. The van der Waals surface area contributed by atoms with E-state index < -0.39 is 16.9 Å². The van der Waals surface area contributed by atoms with Crippen LogP contribution in [0.2, 0.25) is 5.02 Å². The van der Waals surface area contributed by atoms with Crippen molar-refractivity contribution in [1.82, 2.24) is 10.6 Å². The van der Waals surface area contributed by atoms with Crippen molar-refractivity contribution in [3.05, 3.63) is 38.9 Å². The molecule has 1 aromatic carbocycles. The van der Waals surface area contributed by atoms with Crippen LogP contribution in [0.3, 0.4) is 0 Å². The third-order valence-electron chi connectivity index (χ3n) is 4.59. The second-order valence-electron chi connectivity index (χ2n) is 6.57. The van der Waals surface area contributed by atoms with Crippen LogP contribution in [0.4, 0.5) is 5.69 Å². The highest BCUT2D eigenvalue weighted by Crippen LogP contribution is 2.25. The van der Waals surface area contributed by atoms with Gasteiger partial charge in [-0.3, -0.25) is 19.7 Å². The lowest BCUT2D eigenvalue weighted by Crippen LogP contribution is -2.50. The Bertz CT molecular complexity index is 695. The fourth-order valence-electron chi connectivity index (χ4n) is 3.09. The number of thioether (sulfide) groups is 1. The molecule has 0 radical (unpaired) electrons. The number of carbonyl (C=O) groups excluding carboxylic acids is 2. The Labute approximate surface area is 167 Å². The van der Waals surface area contributed by atoms with Crippen LogP contribution >= 0.6 is 23.4 Å². The molecule has 2 rings (SSSR count). The first kappa shape index (κ1) is 21.5. The summed E-state index contributed by atoms with van der Waals surface area (Å²) in [6.07, 6.45) is 7.72. The Hall–Kier alpha value is -1.80. The second-order valence-corrected chi connectivity index (χ2v) is 7.97. The Balaban J connectivity index is 2.07. The van der Waals surface area contributed by atoms with Gasteiger partial charge in [-0.05, 0) is 43.4 Å². The molecule has 1 aliphatic rings. The molecule has 0 aliphatic heterocycles. The maximum Gasteiger partial charge on any atom is 0.288 e. The predicted molar refractivity (Wildman–Crippen MR) is 107 cm³/mol. The molecule has 27 heavy (non-hydrogen) atoms. The molecule has 9 heteroatoms. The Morgan fingerprint density at radius 3 is 2.67 bits per heavy atom. The summed E-state index contributed by atoms with van der Waals surface area (Å²) in [6.45, 7) is 0. The van der Waals surface area contributed by atoms with Gasteiger partial charge in [0.1, 0.15) is 11.1 Å². The summed E-state index contributed by atoms with van der Waals surface area (Å²) < 4.78 is 0. The summed E-state index contributed by atoms with van der Waals surface area (Å²) >= 11 is 7.38. The normalized spacial score (nSPS) is 15.8. The number of halogens is 1. The van der Waals surface area contributed by atoms with Gasteiger partial charge in [0.15, 0.2) is 0 Å². The minimum Gasteiger partial charge on any atom is -0.352 e. The van der Waals surface area contributed by atoms with Crippen molar-refractivity contribution in [2.45, 2.75) is 50.6 Å². The third kappa shape index (κ3) is 6.39. The van der Waals surface area contributed by atoms with E-state index in [0.717, 1.165) is 31.7 Å². The van der Waals surface area contributed by atoms with Gasteiger partial charge in [0.25, 0.3) is 11.6 Å². The van der Waals surface area contributed by atoms with Gasteiger partial charge in [0, 0.05) is 17.7 Å². The molecule has 0 heterocycles. The summed E-state index contributed by atoms with van der Waals surface area (Å²) in [5.74, 6) is -0.0171. The van der Waals surface area contributed by atoms with Crippen molar-refractivity contribution in [3.63, 3.8) is 0 Å². The minimum atomic E-state index is -0.679. The van der Waals surface area contributed by atoms with E-state index in [-0.39, 0.29) is 28.2 Å². The van der Waals surface area contributed by atoms with Gasteiger partial charge in [-0.15, -0.1) is 0 Å². The van der Waals surface area contributed by atoms with Crippen LogP contribution in [-0.2, 0) is 4.79 Å². The zero-order valence-electron chi connectivity index (χ0n) is 15.2. The summed E-state index contributed by atoms with van der Waals surface area (Å²) in [4.78, 5) is 35.6. The van der Waals surface area contributed by atoms with Crippen LogP contribution in [0.15, 0.2) is 18.2 Å². The first-order chi connectivity index (χ1) is 12.9. The van der Waals surface area contributed by atoms with E-state index in [2.05, 4.69) is 10.6 Å². The fraction of sp³-hybridized carbons (Fsp3) is 0.556. The van der Waals surface area contributed by atoms with Crippen LogP contribution in [0, 0.1) is 10.1 Å². The molecule has 7 nitrogen and oxygen atoms in total. The Morgan fingerprint density at radius 1 is 1.33 bits per heavy atom. The first-order valence-corrected chi connectivity index (χ1v) is 10.7. The number of benzene rings is 1. The quantitative estimate of drug-likeness (QED) is 0.501. The van der Waals surface area contributed by atoms with E-state index in [9.17, 15) is 19.7 Å². The van der Waals surface area contributed by atoms with Gasteiger partial charge in [0.05, 0.1) is 4.92 Å². The van der Waals surface area contributed by atoms with Gasteiger partial charge >= 0.3 is 0 Å². The zero-order valence-corrected chi connectivity index (χ0v) is 16.8. The third-order valence-corrected chi connectivity index (χ3v) is 5.55. The van der Waals surface area contributed by atoms with Crippen molar-refractivity contribution in [2.75, 3.05) is 12.0 Å².